The average molecular weight is 332 g/mol. The third-order valence-corrected chi connectivity index (χ3v) is 4.28. The molecule has 2 rings (SSSR count). The van der Waals surface area contributed by atoms with Crippen LogP contribution >= 0.6 is 0 Å². The number of carbonyl (C=O) groups excluding carboxylic acids is 2. The number of likely N-dealkylation sites (N-methyl/N-ethyl adjacent to an activating group) is 1. The summed E-state index contributed by atoms with van der Waals surface area (Å²) >= 11 is 0. The fourth-order valence-electron chi connectivity index (χ4n) is 3.26. The molecular weight excluding hydrogens is 304 g/mol. The molecule has 1 heterocycles. The molecule has 0 aromatic heterocycles. The Morgan fingerprint density at radius 1 is 1.29 bits per heavy atom. The van der Waals surface area contributed by atoms with Gasteiger partial charge in [-0.15, -0.1) is 0 Å². The molecular formula is C18H28N4O2. The molecule has 0 fully saturated rings. The topological polar surface area (TPSA) is 64.7 Å². The highest BCUT2D eigenvalue weighted by Crippen LogP contribution is 2.31. The highest BCUT2D eigenvalue weighted by atomic mass is 16.2. The zero-order chi connectivity index (χ0) is 17.9. The first-order valence-corrected chi connectivity index (χ1v) is 8.50. The molecule has 1 aromatic carbocycles. The minimum Gasteiger partial charge on any atom is -0.338 e. The summed E-state index contributed by atoms with van der Waals surface area (Å²) < 4.78 is 0. The molecule has 0 saturated heterocycles. The summed E-state index contributed by atoms with van der Waals surface area (Å²) in [6.45, 7) is 7.23. The number of rotatable bonds is 5. The van der Waals surface area contributed by atoms with Crippen molar-refractivity contribution in [2.75, 3.05) is 37.4 Å². The molecule has 3 amide bonds. The fourth-order valence-corrected chi connectivity index (χ4v) is 3.26. The predicted octanol–water partition coefficient (Wildman–Crippen LogP) is 2.30. The largest absolute Gasteiger partial charge is 0.338 e. The number of nitrogens with one attached hydrogen (secondary N) is 2. The molecule has 1 aromatic rings. The van der Waals surface area contributed by atoms with Crippen LogP contribution in [0.25, 0.3) is 0 Å². The van der Waals surface area contributed by atoms with Gasteiger partial charge in [-0.05, 0) is 51.1 Å². The van der Waals surface area contributed by atoms with Crippen LogP contribution in [0.2, 0.25) is 0 Å². The highest BCUT2D eigenvalue weighted by Gasteiger charge is 2.27. The first-order chi connectivity index (χ1) is 11.3. The Morgan fingerprint density at radius 2 is 2.00 bits per heavy atom. The molecule has 132 valence electrons. The fraction of sp³-hybridized carbons (Fsp3) is 0.556. The first kappa shape index (κ1) is 18.3. The molecule has 2 N–H and O–H groups in total. The van der Waals surface area contributed by atoms with Gasteiger partial charge in [0.25, 0.3) is 0 Å². The monoisotopic (exact) mass is 332 g/mol. The van der Waals surface area contributed by atoms with Crippen molar-refractivity contribution in [2.24, 2.45) is 5.92 Å². The van der Waals surface area contributed by atoms with E-state index in [1.165, 1.54) is 0 Å². The van der Waals surface area contributed by atoms with E-state index >= 15 is 0 Å². The third-order valence-electron chi connectivity index (χ3n) is 4.28. The summed E-state index contributed by atoms with van der Waals surface area (Å²) in [5, 5.41) is 5.82. The van der Waals surface area contributed by atoms with E-state index in [1.807, 2.05) is 58.0 Å². The molecule has 6 nitrogen and oxygen atoms in total. The maximum absolute atomic E-state index is 12.6. The van der Waals surface area contributed by atoms with Gasteiger partial charge < -0.3 is 10.6 Å². The van der Waals surface area contributed by atoms with Gasteiger partial charge in [-0.1, -0.05) is 19.9 Å². The summed E-state index contributed by atoms with van der Waals surface area (Å²) in [4.78, 5) is 28.4. The summed E-state index contributed by atoms with van der Waals surface area (Å²) in [6.07, 6.45) is 0.840. The van der Waals surface area contributed by atoms with Crippen LogP contribution in [0.4, 0.5) is 16.2 Å². The molecule has 1 unspecified atom stereocenters. The van der Waals surface area contributed by atoms with Crippen LogP contribution < -0.4 is 15.5 Å². The SMILES string of the molecule is CCNC(=O)N1CCc2ccc(NC(=O)C(C(C)C)N(C)C)cc21. The van der Waals surface area contributed by atoms with Crippen molar-refractivity contribution >= 4 is 23.3 Å². The summed E-state index contributed by atoms with van der Waals surface area (Å²) in [5.41, 5.74) is 2.74. The Morgan fingerprint density at radius 3 is 2.58 bits per heavy atom. The number of benzene rings is 1. The molecule has 0 spiro atoms. The second-order valence-electron chi connectivity index (χ2n) is 6.72. The zero-order valence-electron chi connectivity index (χ0n) is 15.2. The Kier molecular flexibility index (Phi) is 5.83. The van der Waals surface area contributed by atoms with Crippen LogP contribution in [0.3, 0.4) is 0 Å². The van der Waals surface area contributed by atoms with Crippen molar-refractivity contribution in [1.82, 2.24) is 10.2 Å². The quantitative estimate of drug-likeness (QED) is 0.869. The van der Waals surface area contributed by atoms with Crippen LogP contribution in [0.5, 0.6) is 0 Å². The second-order valence-corrected chi connectivity index (χ2v) is 6.72. The molecule has 1 aliphatic rings. The normalized spacial score (nSPS) is 14.7. The number of hydrogen-bond acceptors (Lipinski definition) is 3. The van der Waals surface area contributed by atoms with E-state index in [0.717, 1.165) is 23.4 Å². The number of nitrogens with zero attached hydrogens (tertiary/aromatic N) is 2. The van der Waals surface area contributed by atoms with Gasteiger partial charge in [0, 0.05) is 18.8 Å². The van der Waals surface area contributed by atoms with Crippen molar-refractivity contribution in [1.29, 1.82) is 0 Å². The van der Waals surface area contributed by atoms with Crippen molar-refractivity contribution in [3.8, 4) is 0 Å². The second kappa shape index (κ2) is 7.66. The number of hydrogen-bond donors (Lipinski definition) is 2. The van der Waals surface area contributed by atoms with Gasteiger partial charge in [-0.3, -0.25) is 14.6 Å². The number of fused-ring (bicyclic) bond motifs is 1. The smallest absolute Gasteiger partial charge is 0.321 e. The van der Waals surface area contributed by atoms with Crippen molar-refractivity contribution in [2.45, 2.75) is 33.2 Å². The number of amides is 3. The molecule has 1 atom stereocenters. The van der Waals surface area contributed by atoms with Crippen LogP contribution in [-0.4, -0.2) is 50.1 Å². The number of anilines is 2. The average Bonchev–Trinajstić information content (AvgIpc) is 2.89. The lowest BCUT2D eigenvalue weighted by molar-refractivity contribution is -0.121. The van der Waals surface area contributed by atoms with Crippen LogP contribution in [-0.2, 0) is 11.2 Å². The van der Waals surface area contributed by atoms with Crippen molar-refractivity contribution in [3.05, 3.63) is 23.8 Å². The summed E-state index contributed by atoms with van der Waals surface area (Å²) in [5.74, 6) is 0.179. The van der Waals surface area contributed by atoms with Crippen molar-refractivity contribution < 1.29 is 9.59 Å². The van der Waals surface area contributed by atoms with Crippen LogP contribution in [0, 0.1) is 5.92 Å². The lowest BCUT2D eigenvalue weighted by atomic mass is 10.0. The Balaban J connectivity index is 2.18. The van der Waals surface area contributed by atoms with E-state index in [9.17, 15) is 9.59 Å². The van der Waals surface area contributed by atoms with Gasteiger partial charge in [0.15, 0.2) is 0 Å². The van der Waals surface area contributed by atoms with E-state index < -0.39 is 0 Å². The Labute approximate surface area is 144 Å². The third kappa shape index (κ3) is 3.87. The molecule has 0 aliphatic carbocycles. The molecule has 0 saturated carbocycles. The maximum Gasteiger partial charge on any atom is 0.321 e. The van der Waals surface area contributed by atoms with Gasteiger partial charge in [0.05, 0.1) is 11.7 Å². The number of urea groups is 1. The van der Waals surface area contributed by atoms with E-state index in [4.69, 9.17) is 0 Å². The van der Waals surface area contributed by atoms with Gasteiger partial charge in [0.2, 0.25) is 5.91 Å². The molecule has 6 heteroatoms. The lowest BCUT2D eigenvalue weighted by Gasteiger charge is -2.27. The summed E-state index contributed by atoms with van der Waals surface area (Å²) in [6, 6.07) is 5.50. The van der Waals surface area contributed by atoms with Gasteiger partial charge in [-0.2, -0.15) is 0 Å². The van der Waals surface area contributed by atoms with Gasteiger partial charge in [0.1, 0.15) is 0 Å². The maximum atomic E-state index is 12.6. The van der Waals surface area contributed by atoms with E-state index in [0.29, 0.717) is 13.1 Å². The number of carbonyl (C=O) groups is 2. The van der Waals surface area contributed by atoms with E-state index in [2.05, 4.69) is 10.6 Å². The van der Waals surface area contributed by atoms with Crippen molar-refractivity contribution in [3.63, 3.8) is 0 Å². The first-order valence-electron chi connectivity index (χ1n) is 8.50. The van der Waals surface area contributed by atoms with E-state index in [-0.39, 0.29) is 23.9 Å². The molecule has 1 aliphatic heterocycles. The standard InChI is InChI=1S/C18H28N4O2/c1-6-19-18(24)22-10-9-13-7-8-14(11-15(13)22)20-17(23)16(12(2)3)21(4)5/h7-8,11-12,16H,6,9-10H2,1-5H3,(H,19,24)(H,20,23). The predicted molar refractivity (Wildman–Crippen MR) is 97.5 cm³/mol. The Hall–Kier alpha value is -2.08. The minimum atomic E-state index is -0.197. The summed E-state index contributed by atoms with van der Waals surface area (Å²) in [7, 11) is 3.81. The minimum absolute atomic E-state index is 0.0301. The van der Waals surface area contributed by atoms with Gasteiger partial charge in [-0.25, -0.2) is 4.79 Å². The Bertz CT molecular complexity index is 605. The molecule has 0 bridgehead atoms. The lowest BCUT2D eigenvalue weighted by Crippen LogP contribution is -2.43. The van der Waals surface area contributed by atoms with E-state index in [1.54, 1.807) is 4.90 Å². The zero-order valence-corrected chi connectivity index (χ0v) is 15.2. The van der Waals surface area contributed by atoms with Crippen LogP contribution in [0.15, 0.2) is 18.2 Å². The van der Waals surface area contributed by atoms with Crippen LogP contribution in [0.1, 0.15) is 26.3 Å². The highest BCUT2D eigenvalue weighted by molar-refractivity contribution is 5.98. The molecule has 24 heavy (non-hydrogen) atoms. The molecule has 0 radical (unpaired) electrons. The van der Waals surface area contributed by atoms with Gasteiger partial charge >= 0.3 is 6.03 Å².